The standard InChI is InChI=1S/C45H29N5/c1-2-11-34(12-3-1)49-43-21-19-31(29-38(43)45-44(49)17-10-24-48-45)30-18-20-42-37(28-30)36-13-4-5-16-41(36)50(42)35-26-32(39-14-6-8-22-46-39)25-33(27-35)40-15-7-9-23-47-40/h1-29H. The molecule has 0 saturated heterocycles. The molecule has 5 aromatic heterocycles. The highest BCUT2D eigenvalue weighted by Crippen LogP contribution is 2.39. The first kappa shape index (κ1) is 28.2. The second kappa shape index (κ2) is 11.4. The van der Waals surface area contributed by atoms with Crippen LogP contribution in [0.25, 0.3) is 88.8 Å². The minimum absolute atomic E-state index is 0.924. The molecule has 0 atom stereocenters. The van der Waals surface area contributed by atoms with Gasteiger partial charge >= 0.3 is 0 Å². The molecule has 0 aliphatic heterocycles. The third kappa shape index (κ3) is 4.52. The van der Waals surface area contributed by atoms with Crippen molar-refractivity contribution in [3.8, 4) is 45.0 Å². The van der Waals surface area contributed by atoms with Gasteiger partial charge in [0.2, 0.25) is 0 Å². The van der Waals surface area contributed by atoms with Crippen LogP contribution in [0.2, 0.25) is 0 Å². The lowest BCUT2D eigenvalue weighted by Crippen LogP contribution is -1.97. The first-order chi connectivity index (χ1) is 24.8. The number of nitrogens with zero attached hydrogens (tertiary/aromatic N) is 5. The molecular weight excluding hydrogens is 611 g/mol. The molecule has 0 fully saturated rings. The van der Waals surface area contributed by atoms with Crippen LogP contribution >= 0.6 is 0 Å². The topological polar surface area (TPSA) is 48.5 Å². The monoisotopic (exact) mass is 639 g/mol. The average Bonchev–Trinajstić information content (AvgIpc) is 3.71. The van der Waals surface area contributed by atoms with Gasteiger partial charge in [0.15, 0.2) is 0 Å². The van der Waals surface area contributed by atoms with E-state index in [1.165, 1.54) is 10.8 Å². The van der Waals surface area contributed by atoms with E-state index in [4.69, 9.17) is 15.0 Å². The lowest BCUT2D eigenvalue weighted by atomic mass is 10.0. The first-order valence-electron chi connectivity index (χ1n) is 16.8. The first-order valence-corrected chi connectivity index (χ1v) is 16.8. The SMILES string of the molecule is c1ccc(-n2c3ccc(-c4ccc5c(c4)c4ccccc4n5-c4cc(-c5ccccn5)cc(-c5ccccn5)c4)cc3c3ncccc32)cc1. The summed E-state index contributed by atoms with van der Waals surface area (Å²) in [7, 11) is 0. The van der Waals surface area contributed by atoms with Gasteiger partial charge in [-0.1, -0.05) is 60.7 Å². The smallest absolute Gasteiger partial charge is 0.0963 e. The summed E-state index contributed by atoms with van der Waals surface area (Å²) in [6.07, 6.45) is 5.57. The van der Waals surface area contributed by atoms with E-state index >= 15 is 0 Å². The molecule has 0 spiro atoms. The fourth-order valence-electron chi connectivity index (χ4n) is 7.40. The highest BCUT2D eigenvalue weighted by Gasteiger charge is 2.18. The Morgan fingerprint density at radius 3 is 1.58 bits per heavy atom. The van der Waals surface area contributed by atoms with Crippen LogP contribution in [-0.2, 0) is 0 Å². The fraction of sp³-hybridized carbons (Fsp3) is 0. The summed E-state index contributed by atoms with van der Waals surface area (Å²) < 4.78 is 4.67. The summed E-state index contributed by atoms with van der Waals surface area (Å²) in [4.78, 5) is 14.2. The number of para-hydroxylation sites is 2. The predicted octanol–water partition coefficient (Wildman–Crippen LogP) is 11.1. The summed E-state index contributed by atoms with van der Waals surface area (Å²) in [6.45, 7) is 0. The molecule has 5 heterocycles. The van der Waals surface area contributed by atoms with Gasteiger partial charge in [-0.15, -0.1) is 0 Å². The molecule has 0 unspecified atom stereocenters. The third-order valence-corrected chi connectivity index (χ3v) is 9.64. The zero-order valence-electron chi connectivity index (χ0n) is 27.0. The Kier molecular flexibility index (Phi) is 6.42. The van der Waals surface area contributed by atoms with Crippen molar-refractivity contribution < 1.29 is 0 Å². The number of fused-ring (bicyclic) bond motifs is 6. The van der Waals surface area contributed by atoms with Gasteiger partial charge in [0, 0.05) is 57.3 Å². The Morgan fingerprint density at radius 1 is 0.320 bits per heavy atom. The number of pyridine rings is 3. The largest absolute Gasteiger partial charge is 0.309 e. The lowest BCUT2D eigenvalue weighted by molar-refractivity contribution is 1.17. The van der Waals surface area contributed by atoms with E-state index in [1.807, 2.05) is 48.9 Å². The van der Waals surface area contributed by atoms with Crippen LogP contribution in [0.3, 0.4) is 0 Å². The second-order valence-corrected chi connectivity index (χ2v) is 12.6. The Bertz CT molecular complexity index is 2800. The van der Waals surface area contributed by atoms with E-state index in [0.717, 1.165) is 78.0 Å². The van der Waals surface area contributed by atoms with E-state index in [-0.39, 0.29) is 0 Å². The summed E-state index contributed by atoms with van der Waals surface area (Å²) in [5, 5.41) is 3.54. The van der Waals surface area contributed by atoms with Crippen LogP contribution in [0.5, 0.6) is 0 Å². The molecule has 0 aliphatic rings. The zero-order chi connectivity index (χ0) is 33.0. The van der Waals surface area contributed by atoms with Crippen LogP contribution in [0.15, 0.2) is 176 Å². The number of hydrogen-bond acceptors (Lipinski definition) is 3. The van der Waals surface area contributed by atoms with Crippen molar-refractivity contribution in [1.82, 2.24) is 24.1 Å². The molecule has 0 amide bonds. The van der Waals surface area contributed by atoms with Crippen LogP contribution in [0.4, 0.5) is 0 Å². The Morgan fingerprint density at radius 2 is 0.880 bits per heavy atom. The minimum Gasteiger partial charge on any atom is -0.309 e. The molecule has 0 radical (unpaired) electrons. The van der Waals surface area contributed by atoms with Crippen LogP contribution in [-0.4, -0.2) is 24.1 Å². The van der Waals surface area contributed by atoms with Gasteiger partial charge in [-0.05, 0) is 108 Å². The maximum atomic E-state index is 4.84. The molecule has 0 bridgehead atoms. The van der Waals surface area contributed by atoms with Gasteiger partial charge < -0.3 is 9.13 Å². The van der Waals surface area contributed by atoms with Crippen molar-refractivity contribution in [1.29, 1.82) is 0 Å². The zero-order valence-corrected chi connectivity index (χ0v) is 27.0. The van der Waals surface area contributed by atoms with E-state index in [1.54, 1.807) is 0 Å². The Labute approximate surface area is 288 Å². The summed E-state index contributed by atoms with van der Waals surface area (Å²) in [6, 6.07) is 55.7. The molecule has 0 aliphatic carbocycles. The van der Waals surface area contributed by atoms with Crippen molar-refractivity contribution in [3.63, 3.8) is 0 Å². The maximum Gasteiger partial charge on any atom is 0.0963 e. The van der Waals surface area contributed by atoms with Gasteiger partial charge in [-0.25, -0.2) is 0 Å². The number of benzene rings is 5. The van der Waals surface area contributed by atoms with Crippen molar-refractivity contribution >= 4 is 43.7 Å². The molecule has 10 rings (SSSR count). The summed E-state index contributed by atoms with van der Waals surface area (Å²) >= 11 is 0. The van der Waals surface area contributed by atoms with Gasteiger partial charge in [-0.2, -0.15) is 0 Å². The molecule has 50 heavy (non-hydrogen) atoms. The van der Waals surface area contributed by atoms with Crippen molar-refractivity contribution in [2.24, 2.45) is 0 Å². The van der Waals surface area contributed by atoms with Crippen molar-refractivity contribution in [2.45, 2.75) is 0 Å². The molecular formula is C45H29N5. The van der Waals surface area contributed by atoms with Crippen LogP contribution < -0.4 is 0 Å². The molecule has 0 saturated carbocycles. The molecule has 10 aromatic rings. The summed E-state index contributed by atoms with van der Waals surface area (Å²) in [5.74, 6) is 0. The number of rotatable bonds is 5. The lowest BCUT2D eigenvalue weighted by Gasteiger charge is -2.13. The van der Waals surface area contributed by atoms with Crippen molar-refractivity contribution in [3.05, 3.63) is 176 Å². The predicted molar refractivity (Wildman–Crippen MR) is 205 cm³/mol. The second-order valence-electron chi connectivity index (χ2n) is 12.6. The van der Waals surface area contributed by atoms with Crippen LogP contribution in [0.1, 0.15) is 0 Å². The third-order valence-electron chi connectivity index (χ3n) is 9.64. The van der Waals surface area contributed by atoms with E-state index in [9.17, 15) is 0 Å². The van der Waals surface area contributed by atoms with Crippen molar-refractivity contribution in [2.75, 3.05) is 0 Å². The molecule has 0 N–H and O–H groups in total. The van der Waals surface area contributed by atoms with Gasteiger partial charge in [0.1, 0.15) is 0 Å². The average molecular weight is 640 g/mol. The van der Waals surface area contributed by atoms with Crippen LogP contribution in [0, 0.1) is 0 Å². The Balaban J connectivity index is 1.17. The van der Waals surface area contributed by atoms with E-state index in [2.05, 4.69) is 137 Å². The highest BCUT2D eigenvalue weighted by molar-refractivity contribution is 6.12. The van der Waals surface area contributed by atoms with E-state index in [0.29, 0.717) is 0 Å². The molecule has 5 heteroatoms. The normalized spacial score (nSPS) is 11.6. The molecule has 5 aromatic carbocycles. The van der Waals surface area contributed by atoms with Gasteiger partial charge in [-0.3, -0.25) is 15.0 Å². The Hall–Kier alpha value is -6.85. The minimum atomic E-state index is 0.924. The maximum absolute atomic E-state index is 4.84. The number of hydrogen-bond donors (Lipinski definition) is 0. The molecule has 234 valence electrons. The highest BCUT2D eigenvalue weighted by atomic mass is 15.0. The van der Waals surface area contributed by atoms with Gasteiger partial charge in [0.05, 0.1) is 39.0 Å². The van der Waals surface area contributed by atoms with Gasteiger partial charge in [0.25, 0.3) is 0 Å². The van der Waals surface area contributed by atoms with E-state index < -0.39 is 0 Å². The quantitative estimate of drug-likeness (QED) is 0.188. The molecule has 5 nitrogen and oxygen atoms in total. The number of aromatic nitrogens is 5. The fourth-order valence-corrected chi connectivity index (χ4v) is 7.40. The summed E-state index contributed by atoms with van der Waals surface area (Å²) in [5.41, 5.74) is 14.0.